The van der Waals surface area contributed by atoms with Crippen LogP contribution >= 0.6 is 0 Å². The first-order valence-corrected chi connectivity index (χ1v) is 8.28. The van der Waals surface area contributed by atoms with Gasteiger partial charge in [0.15, 0.2) is 0 Å². The lowest BCUT2D eigenvalue weighted by atomic mass is 10.1. The van der Waals surface area contributed by atoms with E-state index < -0.39 is 6.10 Å². The summed E-state index contributed by atoms with van der Waals surface area (Å²) in [4.78, 5) is 16.2. The average molecular weight is 326 g/mol. The van der Waals surface area contributed by atoms with Gasteiger partial charge in [0.1, 0.15) is 0 Å². The quantitative estimate of drug-likeness (QED) is 0.782. The van der Waals surface area contributed by atoms with Gasteiger partial charge in [-0.1, -0.05) is 36.4 Å². The number of carbonyl (C=O) groups is 1. The standard InChI is InChI=1S/C19H22N2O3/c22-17(16-4-2-1-3-5-16)10-18(23)20-11-15-8-9-19(21-12-15)24-13-14-6-7-14/h1-5,8-9,12,14,17,22H,6-7,10-11,13H2,(H,20,23). The zero-order chi connectivity index (χ0) is 16.8. The molecule has 5 nitrogen and oxygen atoms in total. The van der Waals surface area contributed by atoms with Crippen molar-refractivity contribution in [3.8, 4) is 5.88 Å². The Morgan fingerprint density at radius 3 is 2.71 bits per heavy atom. The summed E-state index contributed by atoms with van der Waals surface area (Å²) in [7, 11) is 0. The molecule has 1 amide bonds. The van der Waals surface area contributed by atoms with Crippen molar-refractivity contribution < 1.29 is 14.6 Å². The van der Waals surface area contributed by atoms with E-state index in [4.69, 9.17) is 4.74 Å². The number of carbonyl (C=O) groups excluding carboxylic acids is 1. The maximum absolute atomic E-state index is 11.9. The SMILES string of the molecule is O=C(CC(O)c1ccccc1)NCc1ccc(OCC2CC2)nc1. The van der Waals surface area contributed by atoms with Crippen molar-refractivity contribution in [3.05, 3.63) is 59.8 Å². The summed E-state index contributed by atoms with van der Waals surface area (Å²) in [5.74, 6) is 1.12. The first-order valence-electron chi connectivity index (χ1n) is 8.28. The van der Waals surface area contributed by atoms with Gasteiger partial charge in [-0.25, -0.2) is 4.98 Å². The minimum absolute atomic E-state index is 0.0417. The Balaban J connectivity index is 1.42. The van der Waals surface area contributed by atoms with Crippen molar-refractivity contribution in [2.24, 2.45) is 5.92 Å². The van der Waals surface area contributed by atoms with E-state index in [9.17, 15) is 9.90 Å². The van der Waals surface area contributed by atoms with Crippen LogP contribution in [-0.4, -0.2) is 22.6 Å². The van der Waals surface area contributed by atoms with Gasteiger partial charge < -0.3 is 15.2 Å². The van der Waals surface area contributed by atoms with E-state index in [2.05, 4.69) is 10.3 Å². The second kappa shape index (κ2) is 7.93. The molecule has 1 atom stereocenters. The first-order chi connectivity index (χ1) is 11.7. The lowest BCUT2D eigenvalue weighted by molar-refractivity contribution is -0.123. The summed E-state index contributed by atoms with van der Waals surface area (Å²) >= 11 is 0. The van der Waals surface area contributed by atoms with E-state index in [1.165, 1.54) is 12.8 Å². The summed E-state index contributed by atoms with van der Waals surface area (Å²) in [6.07, 6.45) is 3.45. The van der Waals surface area contributed by atoms with Gasteiger partial charge in [0, 0.05) is 18.8 Å². The Kier molecular flexibility index (Phi) is 5.43. The molecule has 5 heteroatoms. The number of hydrogen-bond donors (Lipinski definition) is 2. The number of hydrogen-bond acceptors (Lipinski definition) is 4. The second-order valence-corrected chi connectivity index (χ2v) is 6.17. The van der Waals surface area contributed by atoms with Crippen molar-refractivity contribution in [1.82, 2.24) is 10.3 Å². The molecule has 126 valence electrons. The zero-order valence-electron chi connectivity index (χ0n) is 13.5. The number of nitrogens with one attached hydrogen (secondary N) is 1. The monoisotopic (exact) mass is 326 g/mol. The maximum Gasteiger partial charge on any atom is 0.223 e. The van der Waals surface area contributed by atoms with E-state index >= 15 is 0 Å². The molecule has 1 aromatic heterocycles. The van der Waals surface area contributed by atoms with Crippen molar-refractivity contribution >= 4 is 5.91 Å². The van der Waals surface area contributed by atoms with Crippen LogP contribution in [0.2, 0.25) is 0 Å². The number of pyridine rings is 1. The Labute approximate surface area is 141 Å². The van der Waals surface area contributed by atoms with Crippen LogP contribution in [0.5, 0.6) is 5.88 Å². The third kappa shape index (κ3) is 5.06. The van der Waals surface area contributed by atoms with E-state index in [1.54, 1.807) is 6.20 Å². The predicted octanol–water partition coefficient (Wildman–Crippen LogP) is 2.61. The maximum atomic E-state index is 11.9. The largest absolute Gasteiger partial charge is 0.477 e. The van der Waals surface area contributed by atoms with Crippen molar-refractivity contribution in [2.75, 3.05) is 6.61 Å². The molecule has 0 radical (unpaired) electrons. The fourth-order valence-corrected chi connectivity index (χ4v) is 2.33. The number of nitrogens with zero attached hydrogens (tertiary/aromatic N) is 1. The molecule has 24 heavy (non-hydrogen) atoms. The summed E-state index contributed by atoms with van der Waals surface area (Å²) in [5.41, 5.74) is 1.64. The van der Waals surface area contributed by atoms with E-state index in [-0.39, 0.29) is 12.3 Å². The average Bonchev–Trinajstić information content (AvgIpc) is 3.44. The number of aromatic nitrogens is 1. The van der Waals surface area contributed by atoms with Crippen LogP contribution in [0, 0.1) is 5.92 Å². The molecule has 1 aromatic carbocycles. The summed E-state index contributed by atoms with van der Waals surface area (Å²) in [6.45, 7) is 1.12. The highest BCUT2D eigenvalue weighted by molar-refractivity contribution is 5.76. The van der Waals surface area contributed by atoms with Crippen LogP contribution < -0.4 is 10.1 Å². The van der Waals surface area contributed by atoms with Crippen LogP contribution in [0.3, 0.4) is 0 Å². The fourth-order valence-electron chi connectivity index (χ4n) is 2.33. The molecule has 1 aliphatic rings. The fraction of sp³-hybridized carbons (Fsp3) is 0.368. The summed E-state index contributed by atoms with van der Waals surface area (Å²) < 4.78 is 5.58. The number of aliphatic hydroxyl groups excluding tert-OH is 1. The molecule has 0 aliphatic heterocycles. The number of benzene rings is 1. The highest BCUT2D eigenvalue weighted by atomic mass is 16.5. The molecule has 1 fully saturated rings. The Bertz CT molecular complexity index is 654. The Hall–Kier alpha value is -2.40. The third-order valence-electron chi connectivity index (χ3n) is 4.01. The summed E-state index contributed by atoms with van der Waals surface area (Å²) in [6, 6.07) is 12.9. The zero-order valence-corrected chi connectivity index (χ0v) is 13.5. The number of rotatable bonds is 8. The van der Waals surface area contributed by atoms with Crippen LogP contribution in [0.15, 0.2) is 48.7 Å². The molecular formula is C19H22N2O3. The highest BCUT2D eigenvalue weighted by Gasteiger charge is 2.22. The molecule has 1 saturated carbocycles. The van der Waals surface area contributed by atoms with Gasteiger partial charge >= 0.3 is 0 Å². The number of amides is 1. The lowest BCUT2D eigenvalue weighted by Crippen LogP contribution is -2.24. The molecule has 3 rings (SSSR count). The van der Waals surface area contributed by atoms with E-state index in [0.717, 1.165) is 17.7 Å². The molecule has 2 aromatic rings. The van der Waals surface area contributed by atoms with Gasteiger partial charge in [0.05, 0.1) is 19.1 Å². The molecule has 1 unspecified atom stereocenters. The highest BCUT2D eigenvalue weighted by Crippen LogP contribution is 2.29. The minimum atomic E-state index is -0.789. The second-order valence-electron chi connectivity index (χ2n) is 6.17. The molecule has 1 heterocycles. The molecular weight excluding hydrogens is 304 g/mol. The summed E-state index contributed by atoms with van der Waals surface area (Å²) in [5, 5.41) is 12.8. The lowest BCUT2D eigenvalue weighted by Gasteiger charge is -2.11. The normalized spacial score (nSPS) is 14.9. The predicted molar refractivity (Wildman–Crippen MR) is 90.3 cm³/mol. The van der Waals surface area contributed by atoms with Crippen molar-refractivity contribution in [3.63, 3.8) is 0 Å². The number of ether oxygens (including phenoxy) is 1. The van der Waals surface area contributed by atoms with Gasteiger partial charge in [-0.15, -0.1) is 0 Å². The molecule has 0 bridgehead atoms. The molecule has 1 aliphatic carbocycles. The van der Waals surface area contributed by atoms with Crippen LogP contribution in [0.4, 0.5) is 0 Å². The Morgan fingerprint density at radius 1 is 1.25 bits per heavy atom. The van der Waals surface area contributed by atoms with Crippen molar-refractivity contribution in [2.45, 2.75) is 31.9 Å². The first kappa shape index (κ1) is 16.5. The number of aliphatic hydroxyl groups is 1. The van der Waals surface area contributed by atoms with E-state index in [0.29, 0.717) is 18.3 Å². The molecule has 0 spiro atoms. The van der Waals surface area contributed by atoms with Crippen LogP contribution in [-0.2, 0) is 11.3 Å². The van der Waals surface area contributed by atoms with Crippen molar-refractivity contribution in [1.29, 1.82) is 0 Å². The smallest absolute Gasteiger partial charge is 0.223 e. The van der Waals surface area contributed by atoms with E-state index in [1.807, 2.05) is 42.5 Å². The molecule has 0 saturated heterocycles. The van der Waals surface area contributed by atoms with Gasteiger partial charge in [0.2, 0.25) is 11.8 Å². The van der Waals surface area contributed by atoms with Gasteiger partial charge in [0.25, 0.3) is 0 Å². The van der Waals surface area contributed by atoms with Crippen LogP contribution in [0.25, 0.3) is 0 Å². The van der Waals surface area contributed by atoms with Crippen LogP contribution in [0.1, 0.15) is 36.5 Å². The third-order valence-corrected chi connectivity index (χ3v) is 4.01. The van der Waals surface area contributed by atoms with Gasteiger partial charge in [-0.2, -0.15) is 0 Å². The topological polar surface area (TPSA) is 71.5 Å². The van der Waals surface area contributed by atoms with Gasteiger partial charge in [-0.05, 0) is 29.9 Å². The Morgan fingerprint density at radius 2 is 2.04 bits per heavy atom. The van der Waals surface area contributed by atoms with Gasteiger partial charge in [-0.3, -0.25) is 4.79 Å². The minimum Gasteiger partial charge on any atom is -0.477 e. The molecule has 2 N–H and O–H groups in total.